The molecule has 164 valence electrons. The molecule has 0 radical (unpaired) electrons. The van der Waals surface area contributed by atoms with Crippen LogP contribution in [0.25, 0.3) is 21.4 Å². The van der Waals surface area contributed by atoms with Crippen LogP contribution in [0.1, 0.15) is 11.1 Å². The average molecular weight is 449 g/mol. The summed E-state index contributed by atoms with van der Waals surface area (Å²) in [5.74, 6) is -0.998. The van der Waals surface area contributed by atoms with Gasteiger partial charge in [0.15, 0.2) is 0 Å². The van der Waals surface area contributed by atoms with Crippen molar-refractivity contribution in [3.63, 3.8) is 0 Å². The summed E-state index contributed by atoms with van der Waals surface area (Å²) < 4.78 is 0. The maximum Gasteiger partial charge on any atom is 0.270 e. The lowest BCUT2D eigenvalue weighted by atomic mass is 9.90. The quantitative estimate of drug-likeness (QED) is 0.207. The summed E-state index contributed by atoms with van der Waals surface area (Å²) in [5.41, 5.74) is 1.92. The van der Waals surface area contributed by atoms with Crippen LogP contribution in [-0.4, -0.2) is 6.21 Å². The highest BCUT2D eigenvalue weighted by atomic mass is 14.7. The molecule has 2 rings (SSSR count). The van der Waals surface area contributed by atoms with E-state index >= 15 is 0 Å². The molecule has 0 aromatic heterocycles. The topological polar surface area (TPSA) is 122 Å². The van der Waals surface area contributed by atoms with Gasteiger partial charge >= 0.3 is 0 Å². The third-order valence-corrected chi connectivity index (χ3v) is 4.75. The van der Waals surface area contributed by atoms with Gasteiger partial charge in [-0.1, -0.05) is 78.9 Å². The van der Waals surface area contributed by atoms with Crippen molar-refractivity contribution in [3.05, 3.63) is 136 Å². The van der Waals surface area contributed by atoms with Crippen molar-refractivity contribution in [3.8, 4) is 24.3 Å². The van der Waals surface area contributed by atoms with Crippen LogP contribution in [0, 0.1) is 57.8 Å². The molecule has 0 bridgehead atoms. The van der Waals surface area contributed by atoms with E-state index in [1.54, 1.807) is 78.9 Å². The number of rotatable bonds is 8. The minimum atomic E-state index is -0.998. The van der Waals surface area contributed by atoms with E-state index in [1.165, 1.54) is 12.2 Å². The third kappa shape index (κ3) is 6.62. The Morgan fingerprint density at radius 1 is 0.829 bits per heavy atom. The lowest BCUT2D eigenvalue weighted by Crippen LogP contribution is -2.04. The molecule has 0 saturated carbocycles. The lowest BCUT2D eigenvalue weighted by Gasteiger charge is -2.14. The van der Waals surface area contributed by atoms with Crippen molar-refractivity contribution in [1.82, 2.24) is 0 Å². The Bertz CT molecular complexity index is 1420. The van der Waals surface area contributed by atoms with Crippen LogP contribution in [0.15, 0.2) is 108 Å². The fraction of sp³-hybridized carbons (Fsp3) is 0.0345. The Kier molecular flexibility index (Phi) is 9.93. The van der Waals surface area contributed by atoms with Crippen LogP contribution in [0.5, 0.6) is 0 Å². The molecule has 2 aromatic rings. The Morgan fingerprint density at radius 3 is 1.94 bits per heavy atom. The molecule has 0 saturated heterocycles. The second-order valence-electron chi connectivity index (χ2n) is 6.81. The molecule has 6 nitrogen and oxygen atoms in total. The van der Waals surface area contributed by atoms with Crippen LogP contribution in [0.2, 0.25) is 0 Å². The lowest BCUT2D eigenvalue weighted by molar-refractivity contribution is 1.19. The first kappa shape index (κ1) is 25.5. The van der Waals surface area contributed by atoms with E-state index in [4.69, 9.17) is 6.57 Å². The smallest absolute Gasteiger partial charge is 0.270 e. The first-order chi connectivity index (χ1) is 17.1. The third-order valence-electron chi connectivity index (χ3n) is 4.75. The van der Waals surface area contributed by atoms with Gasteiger partial charge in [0.1, 0.15) is 0 Å². The fourth-order valence-electron chi connectivity index (χ4n) is 3.19. The van der Waals surface area contributed by atoms with Crippen LogP contribution in [0.3, 0.4) is 0 Å². The molecule has 0 aliphatic rings. The molecule has 2 aromatic carbocycles. The molecular weight excluding hydrogens is 432 g/mol. The van der Waals surface area contributed by atoms with Gasteiger partial charge < -0.3 is 5.41 Å². The van der Waals surface area contributed by atoms with Gasteiger partial charge in [0.05, 0.1) is 47.9 Å². The maximum atomic E-state index is 9.69. The van der Waals surface area contributed by atoms with E-state index in [-0.39, 0.29) is 22.4 Å². The Balaban J connectivity index is 2.48. The molecule has 0 spiro atoms. The number of benzene rings is 2. The SMILES string of the molecule is [C-]#[N+]/C(C#N)=C(/C(C#N)=C/C=CC=C/C(C#N)=C(\c1ccccc1)C(C#N)C=[N-])c1ccccc1. The number of nitrogens with zero attached hydrogens (tertiary/aromatic N) is 6. The maximum absolute atomic E-state index is 9.69. The number of allylic oxidation sites excluding steroid dienone is 10. The standard InChI is InChI=1S/C29H17N6/c1-35-27(21-34)29(23-13-7-3-8-14-23)25(18-31)16-10-4-9-15-24(17-30)28(26(19-32)20-33)22-11-5-2-6-12-22/h2-16,19,26H/q-1/b10-4?,15-9?,25-16+,28-24-,29-27+. The van der Waals surface area contributed by atoms with Crippen LogP contribution in [-0.2, 0) is 0 Å². The fourth-order valence-corrected chi connectivity index (χ4v) is 3.19. The summed E-state index contributed by atoms with van der Waals surface area (Å²) in [6, 6.07) is 25.5. The average Bonchev–Trinajstić information content (AvgIpc) is 2.92. The summed E-state index contributed by atoms with van der Waals surface area (Å²) in [6.07, 6.45) is 8.41. The predicted octanol–water partition coefficient (Wildman–Crippen LogP) is 6.16. The largest absolute Gasteiger partial charge is 0.813 e. The van der Waals surface area contributed by atoms with Crippen molar-refractivity contribution in [2.24, 2.45) is 5.92 Å². The van der Waals surface area contributed by atoms with Crippen LogP contribution >= 0.6 is 0 Å². The van der Waals surface area contributed by atoms with E-state index in [9.17, 15) is 26.5 Å². The highest BCUT2D eigenvalue weighted by molar-refractivity contribution is 5.91. The Morgan fingerprint density at radius 2 is 1.46 bits per heavy atom. The van der Waals surface area contributed by atoms with Gasteiger partial charge in [-0.3, -0.25) is 0 Å². The molecule has 0 amide bonds. The molecule has 6 heteroatoms. The summed E-state index contributed by atoms with van der Waals surface area (Å²) in [4.78, 5) is 3.26. The van der Waals surface area contributed by atoms with Gasteiger partial charge in [0.25, 0.3) is 5.70 Å². The van der Waals surface area contributed by atoms with E-state index in [0.29, 0.717) is 16.7 Å². The Hall–Kier alpha value is -5.74. The van der Waals surface area contributed by atoms with E-state index < -0.39 is 5.92 Å². The molecule has 1 atom stereocenters. The minimum Gasteiger partial charge on any atom is -0.813 e. The molecular formula is C29H17N6-. The zero-order chi connectivity index (χ0) is 25.5. The van der Waals surface area contributed by atoms with E-state index in [2.05, 4.69) is 10.9 Å². The second-order valence-corrected chi connectivity index (χ2v) is 6.81. The summed E-state index contributed by atoms with van der Waals surface area (Å²) >= 11 is 0. The normalized spacial score (nSPS) is 13.3. The zero-order valence-electron chi connectivity index (χ0n) is 18.5. The molecule has 1 unspecified atom stereocenters. The highest BCUT2D eigenvalue weighted by Gasteiger charge is 2.15. The molecule has 0 aliphatic heterocycles. The van der Waals surface area contributed by atoms with Crippen molar-refractivity contribution < 1.29 is 0 Å². The second kappa shape index (κ2) is 13.6. The summed E-state index contributed by atoms with van der Waals surface area (Å²) in [5, 5.41) is 47.7. The monoisotopic (exact) mass is 449 g/mol. The van der Waals surface area contributed by atoms with Crippen molar-refractivity contribution in [2.45, 2.75) is 0 Å². The number of hydrogen-bond acceptors (Lipinski definition) is 4. The Labute approximate surface area is 204 Å². The van der Waals surface area contributed by atoms with Crippen molar-refractivity contribution in [1.29, 1.82) is 21.0 Å². The van der Waals surface area contributed by atoms with Gasteiger partial charge in [-0.2, -0.15) is 22.0 Å². The molecule has 35 heavy (non-hydrogen) atoms. The van der Waals surface area contributed by atoms with E-state index in [1.807, 2.05) is 18.2 Å². The van der Waals surface area contributed by atoms with Crippen LogP contribution in [0.4, 0.5) is 0 Å². The first-order valence-electron chi connectivity index (χ1n) is 10.2. The van der Waals surface area contributed by atoms with E-state index in [0.717, 1.165) is 6.21 Å². The summed E-state index contributed by atoms with van der Waals surface area (Å²) in [6.45, 7) is 7.30. The predicted molar refractivity (Wildman–Crippen MR) is 135 cm³/mol. The van der Waals surface area contributed by atoms with Crippen molar-refractivity contribution in [2.75, 3.05) is 0 Å². The number of hydrogen-bond donors (Lipinski definition) is 0. The first-order valence-corrected chi connectivity index (χ1v) is 10.2. The summed E-state index contributed by atoms with van der Waals surface area (Å²) in [7, 11) is 0. The van der Waals surface area contributed by atoms with Crippen molar-refractivity contribution >= 4 is 17.4 Å². The molecule has 0 aliphatic carbocycles. The highest BCUT2D eigenvalue weighted by Crippen LogP contribution is 2.28. The zero-order valence-corrected chi connectivity index (χ0v) is 18.5. The van der Waals surface area contributed by atoms with Gasteiger partial charge in [-0.25, -0.2) is 10.1 Å². The van der Waals surface area contributed by atoms with Gasteiger partial charge in [-0.15, -0.1) is 0 Å². The number of nitriles is 4. The van der Waals surface area contributed by atoms with Gasteiger partial charge in [-0.05, 0) is 28.9 Å². The van der Waals surface area contributed by atoms with Crippen LogP contribution < -0.4 is 0 Å². The molecule has 0 heterocycles. The van der Waals surface area contributed by atoms with Gasteiger partial charge in [0.2, 0.25) is 0 Å². The molecule has 0 N–H and O–H groups in total. The minimum absolute atomic E-state index is 0.133. The van der Waals surface area contributed by atoms with Gasteiger partial charge in [0, 0.05) is 5.57 Å². The molecule has 0 fully saturated rings.